The van der Waals surface area contributed by atoms with Crippen LogP contribution in [0.15, 0.2) is 243 Å². The third kappa shape index (κ3) is 5.28. The predicted molar refractivity (Wildman–Crippen MR) is 285 cm³/mol. The fourth-order valence-corrected chi connectivity index (χ4v) is 12.2. The summed E-state index contributed by atoms with van der Waals surface area (Å²) in [5.41, 5.74) is 20.1. The Bertz CT molecular complexity index is 4180. The summed E-state index contributed by atoms with van der Waals surface area (Å²) >= 11 is 0. The van der Waals surface area contributed by atoms with Crippen LogP contribution in [0.25, 0.3) is 93.6 Å². The first-order chi connectivity index (χ1) is 34.2. The molecule has 15 rings (SSSR count). The van der Waals surface area contributed by atoms with Crippen molar-refractivity contribution >= 4 is 71.4 Å². The molecule has 2 aromatic heterocycles. The average molecular weight is 877 g/mol. The average Bonchev–Trinajstić information content (AvgIpc) is 4.03. The highest BCUT2D eigenvalue weighted by Gasteiger charge is 2.52. The van der Waals surface area contributed by atoms with Crippen molar-refractivity contribution < 1.29 is 0 Å². The quantitative estimate of drug-likeness (QED) is 0.162. The first-order valence-electron chi connectivity index (χ1n) is 23.7. The van der Waals surface area contributed by atoms with Crippen LogP contribution >= 0.6 is 0 Å². The van der Waals surface area contributed by atoms with Crippen LogP contribution in [0.2, 0.25) is 0 Å². The molecule has 1 spiro atoms. The molecule has 0 saturated carbocycles. The topological polar surface area (TPSA) is 34.0 Å². The number of hydrogen-bond acceptors (Lipinski definition) is 3. The molecule has 0 saturated heterocycles. The van der Waals surface area contributed by atoms with E-state index in [1.54, 1.807) is 0 Å². The van der Waals surface area contributed by atoms with Crippen LogP contribution in [0, 0.1) is 0 Å². The maximum Gasteiger partial charge on any atom is 0.0979 e. The van der Waals surface area contributed by atoms with E-state index >= 15 is 0 Å². The molecule has 13 aromatic rings. The van der Waals surface area contributed by atoms with E-state index in [2.05, 4.69) is 246 Å². The molecular weight excluding hydrogens is 837 g/mol. The van der Waals surface area contributed by atoms with Gasteiger partial charge in [0.2, 0.25) is 0 Å². The summed E-state index contributed by atoms with van der Waals surface area (Å²) < 4.78 is 2.38. The van der Waals surface area contributed by atoms with Gasteiger partial charge in [-0.15, -0.1) is 0 Å². The number of rotatable bonds is 5. The van der Waals surface area contributed by atoms with E-state index in [0.717, 1.165) is 55.8 Å². The third-order valence-electron chi connectivity index (χ3n) is 15.0. The molecule has 0 bridgehead atoms. The SMILES string of the molecule is c1ccc(N(c2ccc3c(c2)C2(c4ccccc4-c4ccccc42)c2cc(-c4cnc5c6ccccc6c6ccccc6c5n4)ccc2-3)c2ccc3c(c2)c2ccccc2n3-c2ccccc2)cc1. The highest BCUT2D eigenvalue weighted by atomic mass is 15.1. The van der Waals surface area contributed by atoms with E-state index in [4.69, 9.17) is 9.97 Å². The monoisotopic (exact) mass is 876 g/mol. The molecular formula is C65H40N4. The van der Waals surface area contributed by atoms with Crippen molar-refractivity contribution in [1.82, 2.24) is 14.5 Å². The lowest BCUT2D eigenvalue weighted by Crippen LogP contribution is -2.26. The molecule has 0 amide bonds. The van der Waals surface area contributed by atoms with E-state index in [1.807, 2.05) is 6.20 Å². The lowest BCUT2D eigenvalue weighted by Gasteiger charge is -2.32. The molecule has 0 unspecified atom stereocenters. The molecule has 4 heteroatoms. The number of nitrogens with zero attached hydrogens (tertiary/aromatic N) is 4. The Labute approximate surface area is 398 Å². The molecule has 69 heavy (non-hydrogen) atoms. The fraction of sp³-hybridized carbons (Fsp3) is 0.0154. The number of aromatic nitrogens is 3. The largest absolute Gasteiger partial charge is 0.310 e. The first-order valence-corrected chi connectivity index (χ1v) is 23.7. The molecule has 2 aliphatic rings. The van der Waals surface area contributed by atoms with Crippen molar-refractivity contribution in [2.24, 2.45) is 0 Å². The second-order valence-electron chi connectivity index (χ2n) is 18.4. The number of hydrogen-bond donors (Lipinski definition) is 0. The van der Waals surface area contributed by atoms with Crippen molar-refractivity contribution in [2.75, 3.05) is 4.90 Å². The van der Waals surface area contributed by atoms with Gasteiger partial charge in [-0.05, 0) is 122 Å². The lowest BCUT2D eigenvalue weighted by molar-refractivity contribution is 0.794. The lowest BCUT2D eigenvalue weighted by atomic mass is 9.70. The molecule has 2 heterocycles. The van der Waals surface area contributed by atoms with Gasteiger partial charge in [-0.1, -0.05) is 170 Å². The first kappa shape index (κ1) is 38.0. The van der Waals surface area contributed by atoms with Gasteiger partial charge in [0.05, 0.1) is 39.4 Å². The van der Waals surface area contributed by atoms with E-state index in [0.29, 0.717) is 0 Å². The van der Waals surface area contributed by atoms with Gasteiger partial charge in [-0.3, -0.25) is 4.98 Å². The van der Waals surface area contributed by atoms with E-state index in [-0.39, 0.29) is 0 Å². The molecule has 4 nitrogen and oxygen atoms in total. The van der Waals surface area contributed by atoms with E-state index in [9.17, 15) is 0 Å². The minimum Gasteiger partial charge on any atom is -0.310 e. The molecule has 0 atom stereocenters. The van der Waals surface area contributed by atoms with Crippen LogP contribution in [-0.4, -0.2) is 14.5 Å². The summed E-state index contributed by atoms with van der Waals surface area (Å²) in [4.78, 5) is 13.1. The summed E-state index contributed by atoms with van der Waals surface area (Å²) in [6, 6.07) is 86.6. The Kier molecular flexibility index (Phi) is 7.96. The highest BCUT2D eigenvalue weighted by Crippen LogP contribution is 2.64. The van der Waals surface area contributed by atoms with Crippen molar-refractivity contribution in [3.63, 3.8) is 0 Å². The van der Waals surface area contributed by atoms with Crippen LogP contribution in [-0.2, 0) is 5.41 Å². The van der Waals surface area contributed by atoms with Gasteiger partial charge in [0.25, 0.3) is 0 Å². The number of anilines is 3. The van der Waals surface area contributed by atoms with Crippen LogP contribution in [0.1, 0.15) is 22.3 Å². The zero-order valence-corrected chi connectivity index (χ0v) is 37.4. The Morgan fingerprint density at radius 3 is 1.59 bits per heavy atom. The second kappa shape index (κ2) is 14.4. The van der Waals surface area contributed by atoms with E-state index < -0.39 is 5.41 Å². The molecule has 0 radical (unpaired) electrons. The van der Waals surface area contributed by atoms with Crippen molar-refractivity contribution in [2.45, 2.75) is 5.41 Å². The molecule has 0 fully saturated rings. The second-order valence-corrected chi connectivity index (χ2v) is 18.4. The summed E-state index contributed by atoms with van der Waals surface area (Å²) in [6.07, 6.45) is 1.97. The predicted octanol–water partition coefficient (Wildman–Crippen LogP) is 16.5. The number of benzene rings is 11. The fourth-order valence-electron chi connectivity index (χ4n) is 12.2. The minimum absolute atomic E-state index is 0.591. The maximum absolute atomic E-state index is 5.49. The van der Waals surface area contributed by atoms with Gasteiger partial charge in [0.1, 0.15) is 0 Å². The third-order valence-corrected chi connectivity index (χ3v) is 15.0. The van der Waals surface area contributed by atoms with Crippen molar-refractivity contribution in [3.05, 3.63) is 265 Å². The Balaban J connectivity index is 0.957. The minimum atomic E-state index is -0.591. The highest BCUT2D eigenvalue weighted by molar-refractivity contribution is 6.23. The zero-order chi connectivity index (χ0) is 45.2. The molecule has 320 valence electrons. The van der Waals surface area contributed by atoms with Gasteiger partial charge in [-0.25, -0.2) is 4.98 Å². The maximum atomic E-state index is 5.49. The summed E-state index contributed by atoms with van der Waals surface area (Å²) in [7, 11) is 0. The van der Waals surface area contributed by atoms with Gasteiger partial charge in [0, 0.05) is 49.9 Å². The van der Waals surface area contributed by atoms with Gasteiger partial charge in [-0.2, -0.15) is 0 Å². The van der Waals surface area contributed by atoms with Gasteiger partial charge < -0.3 is 9.47 Å². The van der Waals surface area contributed by atoms with Crippen LogP contribution in [0.3, 0.4) is 0 Å². The van der Waals surface area contributed by atoms with Crippen LogP contribution in [0.4, 0.5) is 17.1 Å². The summed E-state index contributed by atoms with van der Waals surface area (Å²) in [5, 5.41) is 7.05. The summed E-state index contributed by atoms with van der Waals surface area (Å²) in [6.45, 7) is 0. The Hall–Kier alpha value is -9.12. The zero-order valence-electron chi connectivity index (χ0n) is 37.4. The van der Waals surface area contributed by atoms with E-state index in [1.165, 1.54) is 77.1 Å². The van der Waals surface area contributed by atoms with Crippen molar-refractivity contribution in [3.8, 4) is 39.2 Å². The Morgan fingerprint density at radius 2 is 0.870 bits per heavy atom. The number of fused-ring (bicyclic) bond motifs is 19. The molecule has 2 aliphatic carbocycles. The van der Waals surface area contributed by atoms with Gasteiger partial charge >= 0.3 is 0 Å². The standard InChI is InChI=1S/C65H40N4/c1-3-17-42(18-4-1)68(44-33-36-62-55(38-44)52-25-13-16-30-61(52)69(62)43-19-5-2-6-20-43)45-32-35-51-50-34-31-41(60-40-66-63-53-26-9-7-21-46(53)47-22-8-10-27-54(47)64(63)67-60)37-58(50)65(59(51)39-45)56-28-14-11-23-48(56)49-24-12-15-29-57(49)65/h1-40H. The number of para-hydroxylation sites is 3. The normalized spacial score (nSPS) is 13.0. The smallest absolute Gasteiger partial charge is 0.0979 e. The molecule has 0 aliphatic heterocycles. The summed E-state index contributed by atoms with van der Waals surface area (Å²) in [5.74, 6) is 0. The molecule has 0 N–H and O–H groups in total. The van der Waals surface area contributed by atoms with Crippen LogP contribution < -0.4 is 4.90 Å². The van der Waals surface area contributed by atoms with Gasteiger partial charge in [0.15, 0.2) is 0 Å². The van der Waals surface area contributed by atoms with Crippen molar-refractivity contribution in [1.29, 1.82) is 0 Å². The Morgan fingerprint density at radius 1 is 0.348 bits per heavy atom. The molecule has 11 aromatic carbocycles. The van der Waals surface area contributed by atoms with Crippen LogP contribution in [0.5, 0.6) is 0 Å².